The van der Waals surface area contributed by atoms with E-state index in [2.05, 4.69) is 0 Å². The molecule has 2 rings (SSSR count). The van der Waals surface area contributed by atoms with Gasteiger partial charge < -0.3 is 4.74 Å². The van der Waals surface area contributed by atoms with Gasteiger partial charge in [-0.1, -0.05) is 19.3 Å². The summed E-state index contributed by atoms with van der Waals surface area (Å²) in [6.45, 7) is 1.94. The first-order valence-electron chi connectivity index (χ1n) is 4.47. The zero-order valence-electron chi connectivity index (χ0n) is 6.93. The molecule has 1 saturated carbocycles. The van der Waals surface area contributed by atoms with E-state index in [1.807, 2.05) is 6.92 Å². The van der Waals surface area contributed by atoms with Crippen molar-refractivity contribution >= 4 is 5.97 Å². The third kappa shape index (κ3) is 1.05. The predicted molar refractivity (Wildman–Crippen MR) is 41.1 cm³/mol. The molecule has 0 aromatic heterocycles. The van der Waals surface area contributed by atoms with Crippen LogP contribution in [0.1, 0.15) is 39.0 Å². The summed E-state index contributed by atoms with van der Waals surface area (Å²) in [5, 5.41) is 0. The van der Waals surface area contributed by atoms with Gasteiger partial charge in [-0.3, -0.25) is 0 Å². The van der Waals surface area contributed by atoms with Gasteiger partial charge in [-0.2, -0.15) is 0 Å². The van der Waals surface area contributed by atoms with Gasteiger partial charge in [0.25, 0.3) is 0 Å². The summed E-state index contributed by atoms with van der Waals surface area (Å²) in [5.74, 6) is 0.535. The topological polar surface area (TPSA) is 29.6 Å². The number of carbonyl (C=O) groups is 1. The molecule has 2 fully saturated rings. The summed E-state index contributed by atoms with van der Waals surface area (Å²) < 4.78 is 5.00. The summed E-state index contributed by atoms with van der Waals surface area (Å²) in [5.41, 5.74) is -0.361. The largest absolute Gasteiger partial charge is 0.444 e. The van der Waals surface area contributed by atoms with Crippen molar-refractivity contribution in [2.24, 2.45) is 5.92 Å². The number of epoxide rings is 1. The molecule has 2 heteroatoms. The van der Waals surface area contributed by atoms with E-state index >= 15 is 0 Å². The molecule has 1 heterocycles. The molecular formula is C9H14O2. The third-order valence-corrected chi connectivity index (χ3v) is 3.05. The zero-order chi connectivity index (χ0) is 7.90. The van der Waals surface area contributed by atoms with Crippen LogP contribution in [-0.4, -0.2) is 11.6 Å². The molecule has 1 unspecified atom stereocenters. The van der Waals surface area contributed by atoms with E-state index in [0.717, 1.165) is 0 Å². The lowest BCUT2D eigenvalue weighted by Crippen LogP contribution is -2.24. The highest BCUT2D eigenvalue weighted by atomic mass is 16.7. The van der Waals surface area contributed by atoms with Crippen LogP contribution in [0.5, 0.6) is 0 Å². The Hall–Kier alpha value is -0.530. The highest BCUT2D eigenvalue weighted by Gasteiger charge is 2.58. The average Bonchev–Trinajstić information content (AvgIpc) is 2.64. The number of rotatable bonds is 1. The lowest BCUT2D eigenvalue weighted by molar-refractivity contribution is -0.117. The standard InChI is InChI=1S/C9H14O2/c1-9(8(10)11-9)7-5-3-2-4-6-7/h7H,2-6H2,1H3. The Balaban J connectivity index is 1.99. The zero-order valence-corrected chi connectivity index (χ0v) is 6.93. The maximum Gasteiger partial charge on any atom is 0.351 e. The summed E-state index contributed by atoms with van der Waals surface area (Å²) in [4.78, 5) is 10.9. The minimum absolute atomic E-state index is 0.0180. The van der Waals surface area contributed by atoms with Crippen LogP contribution < -0.4 is 0 Å². The summed E-state index contributed by atoms with van der Waals surface area (Å²) in [6.07, 6.45) is 6.25. The molecule has 0 amide bonds. The fourth-order valence-electron chi connectivity index (χ4n) is 2.07. The van der Waals surface area contributed by atoms with Crippen LogP contribution >= 0.6 is 0 Å². The molecular weight excluding hydrogens is 140 g/mol. The number of ether oxygens (including phenoxy) is 1. The molecule has 1 atom stereocenters. The van der Waals surface area contributed by atoms with Gasteiger partial charge in [-0.15, -0.1) is 0 Å². The van der Waals surface area contributed by atoms with Gasteiger partial charge in [0.05, 0.1) is 0 Å². The van der Waals surface area contributed by atoms with Gasteiger partial charge in [0, 0.05) is 5.92 Å². The van der Waals surface area contributed by atoms with E-state index in [1.165, 1.54) is 32.1 Å². The summed E-state index contributed by atoms with van der Waals surface area (Å²) >= 11 is 0. The Labute approximate surface area is 66.9 Å². The SMILES string of the molecule is CC1(C2CCCCC2)OC1=O. The molecule has 0 aromatic carbocycles. The van der Waals surface area contributed by atoms with E-state index < -0.39 is 0 Å². The molecule has 0 bridgehead atoms. The molecule has 62 valence electrons. The van der Waals surface area contributed by atoms with Gasteiger partial charge in [0.1, 0.15) is 0 Å². The number of cyclic esters (lactones) is 1. The Morgan fingerprint density at radius 1 is 1.36 bits per heavy atom. The minimum atomic E-state index is -0.361. The molecule has 0 radical (unpaired) electrons. The van der Waals surface area contributed by atoms with Gasteiger partial charge in [0.15, 0.2) is 0 Å². The highest BCUT2D eigenvalue weighted by Crippen LogP contribution is 2.43. The van der Waals surface area contributed by atoms with Crippen molar-refractivity contribution < 1.29 is 9.53 Å². The van der Waals surface area contributed by atoms with Crippen LogP contribution in [0.2, 0.25) is 0 Å². The van der Waals surface area contributed by atoms with Gasteiger partial charge in [-0.25, -0.2) is 4.79 Å². The Morgan fingerprint density at radius 2 is 1.91 bits per heavy atom. The molecule has 0 aromatic rings. The Bertz CT molecular complexity index is 182. The average molecular weight is 154 g/mol. The second-order valence-electron chi connectivity index (χ2n) is 3.83. The van der Waals surface area contributed by atoms with E-state index in [-0.39, 0.29) is 11.6 Å². The quantitative estimate of drug-likeness (QED) is 0.540. The second-order valence-corrected chi connectivity index (χ2v) is 3.83. The normalized spacial score (nSPS) is 38.5. The van der Waals surface area contributed by atoms with Crippen molar-refractivity contribution in [2.75, 3.05) is 0 Å². The van der Waals surface area contributed by atoms with Crippen LogP contribution in [0.25, 0.3) is 0 Å². The van der Waals surface area contributed by atoms with E-state index in [9.17, 15) is 4.79 Å². The van der Waals surface area contributed by atoms with Crippen molar-refractivity contribution in [2.45, 2.75) is 44.6 Å². The number of hydrogen-bond acceptors (Lipinski definition) is 2. The number of carbonyl (C=O) groups excluding carboxylic acids is 1. The van der Waals surface area contributed by atoms with Crippen LogP contribution in [-0.2, 0) is 9.53 Å². The lowest BCUT2D eigenvalue weighted by Gasteiger charge is -2.22. The molecule has 1 aliphatic carbocycles. The molecule has 0 spiro atoms. The summed E-state index contributed by atoms with van der Waals surface area (Å²) in [6, 6.07) is 0. The Kier molecular flexibility index (Phi) is 1.44. The molecule has 1 saturated heterocycles. The van der Waals surface area contributed by atoms with Gasteiger partial charge >= 0.3 is 5.97 Å². The minimum Gasteiger partial charge on any atom is -0.444 e. The van der Waals surface area contributed by atoms with Crippen LogP contribution in [0.4, 0.5) is 0 Å². The first kappa shape index (κ1) is 7.14. The monoisotopic (exact) mass is 154 g/mol. The fraction of sp³-hybridized carbons (Fsp3) is 0.889. The molecule has 0 N–H and O–H groups in total. The molecule has 2 aliphatic rings. The van der Waals surface area contributed by atoms with Crippen LogP contribution in [0.15, 0.2) is 0 Å². The maximum atomic E-state index is 10.9. The van der Waals surface area contributed by atoms with Gasteiger partial charge in [0.2, 0.25) is 5.60 Å². The van der Waals surface area contributed by atoms with Crippen molar-refractivity contribution in [3.05, 3.63) is 0 Å². The van der Waals surface area contributed by atoms with E-state index in [0.29, 0.717) is 5.92 Å². The van der Waals surface area contributed by atoms with Gasteiger partial charge in [-0.05, 0) is 19.8 Å². The second kappa shape index (κ2) is 2.23. The molecule has 1 aliphatic heterocycles. The van der Waals surface area contributed by atoms with Crippen molar-refractivity contribution in [1.29, 1.82) is 0 Å². The molecule has 11 heavy (non-hydrogen) atoms. The first-order valence-corrected chi connectivity index (χ1v) is 4.47. The van der Waals surface area contributed by atoms with Crippen molar-refractivity contribution in [3.8, 4) is 0 Å². The van der Waals surface area contributed by atoms with Crippen LogP contribution in [0.3, 0.4) is 0 Å². The predicted octanol–water partition coefficient (Wildman–Crippen LogP) is 1.88. The highest BCUT2D eigenvalue weighted by molar-refractivity contribution is 5.92. The maximum absolute atomic E-state index is 10.9. The Morgan fingerprint density at radius 3 is 2.36 bits per heavy atom. The van der Waals surface area contributed by atoms with Crippen molar-refractivity contribution in [1.82, 2.24) is 0 Å². The first-order chi connectivity index (χ1) is 5.23. The van der Waals surface area contributed by atoms with Crippen LogP contribution in [0, 0.1) is 5.92 Å². The van der Waals surface area contributed by atoms with E-state index in [4.69, 9.17) is 4.74 Å². The smallest absolute Gasteiger partial charge is 0.351 e. The van der Waals surface area contributed by atoms with Crippen molar-refractivity contribution in [3.63, 3.8) is 0 Å². The molecule has 2 nitrogen and oxygen atoms in total. The fourth-order valence-corrected chi connectivity index (χ4v) is 2.07. The van der Waals surface area contributed by atoms with E-state index in [1.54, 1.807) is 0 Å². The summed E-state index contributed by atoms with van der Waals surface area (Å²) in [7, 11) is 0. The lowest BCUT2D eigenvalue weighted by atomic mass is 9.81. The third-order valence-electron chi connectivity index (χ3n) is 3.05. The number of hydrogen-bond donors (Lipinski definition) is 0.